The third-order valence-corrected chi connectivity index (χ3v) is 2.99. The summed E-state index contributed by atoms with van der Waals surface area (Å²) in [7, 11) is 3.55. The minimum Gasteiger partial charge on any atom is -0.481 e. The van der Waals surface area contributed by atoms with Crippen LogP contribution in [0, 0.1) is 11.7 Å². The monoisotopic (exact) mass is 223 g/mol. The van der Waals surface area contributed by atoms with E-state index in [1.54, 1.807) is 25.1 Å². The molecular weight excluding hydrogens is 209 g/mol. The maximum absolute atomic E-state index is 13.6. The molecule has 1 fully saturated rings. The molecule has 1 N–H and O–H groups in total. The van der Waals surface area contributed by atoms with Gasteiger partial charge in [0.2, 0.25) is 0 Å². The second-order valence-corrected chi connectivity index (χ2v) is 4.39. The number of benzene rings is 1. The summed E-state index contributed by atoms with van der Waals surface area (Å²) < 4.78 is 13.6. The number of aliphatic carboxylic acids is 1. The third kappa shape index (κ3) is 1.87. The number of carboxylic acid groups (broad SMARTS) is 1. The van der Waals surface area contributed by atoms with Gasteiger partial charge >= 0.3 is 5.97 Å². The summed E-state index contributed by atoms with van der Waals surface area (Å²) in [6.45, 7) is 0. The van der Waals surface area contributed by atoms with Crippen molar-refractivity contribution in [3.05, 3.63) is 29.6 Å². The normalized spacial score (nSPS) is 22.9. The Balaban J connectivity index is 2.20. The number of halogens is 1. The van der Waals surface area contributed by atoms with Crippen LogP contribution in [0.25, 0.3) is 0 Å². The second-order valence-electron chi connectivity index (χ2n) is 4.39. The van der Waals surface area contributed by atoms with Crippen molar-refractivity contribution < 1.29 is 14.3 Å². The van der Waals surface area contributed by atoms with Gasteiger partial charge in [-0.2, -0.15) is 0 Å². The van der Waals surface area contributed by atoms with Gasteiger partial charge in [-0.15, -0.1) is 0 Å². The molecule has 1 aliphatic carbocycles. The molecule has 86 valence electrons. The van der Waals surface area contributed by atoms with Gasteiger partial charge in [0.05, 0.1) is 11.6 Å². The second kappa shape index (κ2) is 3.77. The van der Waals surface area contributed by atoms with Crippen molar-refractivity contribution in [2.24, 2.45) is 5.92 Å². The summed E-state index contributed by atoms with van der Waals surface area (Å²) in [6.07, 6.45) is 0.621. The lowest BCUT2D eigenvalue weighted by Crippen LogP contribution is -2.10. The first-order valence-corrected chi connectivity index (χ1v) is 5.20. The Kier molecular flexibility index (Phi) is 2.58. The van der Waals surface area contributed by atoms with Gasteiger partial charge in [0.1, 0.15) is 5.82 Å². The number of hydrogen-bond donors (Lipinski definition) is 1. The molecule has 0 aliphatic heterocycles. The number of carboxylic acids is 1. The van der Waals surface area contributed by atoms with Crippen LogP contribution in [-0.2, 0) is 4.79 Å². The Morgan fingerprint density at radius 3 is 2.62 bits per heavy atom. The van der Waals surface area contributed by atoms with Gasteiger partial charge in [-0.05, 0) is 30.0 Å². The summed E-state index contributed by atoms with van der Waals surface area (Å²) in [4.78, 5) is 12.4. The summed E-state index contributed by atoms with van der Waals surface area (Å²) in [6, 6.07) is 4.96. The fourth-order valence-electron chi connectivity index (χ4n) is 1.95. The zero-order valence-corrected chi connectivity index (χ0v) is 9.27. The Labute approximate surface area is 93.5 Å². The fourth-order valence-corrected chi connectivity index (χ4v) is 1.95. The lowest BCUT2D eigenvalue weighted by atomic mass is 10.1. The summed E-state index contributed by atoms with van der Waals surface area (Å²) in [5, 5.41) is 8.80. The molecule has 0 bridgehead atoms. The molecule has 0 radical (unpaired) electrons. The van der Waals surface area contributed by atoms with Gasteiger partial charge in [-0.3, -0.25) is 4.79 Å². The minimum atomic E-state index is -0.790. The molecule has 0 saturated heterocycles. The van der Waals surface area contributed by atoms with Gasteiger partial charge in [0.15, 0.2) is 0 Å². The van der Waals surface area contributed by atoms with Crippen LogP contribution in [0.1, 0.15) is 17.9 Å². The van der Waals surface area contributed by atoms with Crippen LogP contribution in [0.3, 0.4) is 0 Å². The number of carbonyl (C=O) groups is 1. The highest BCUT2D eigenvalue weighted by molar-refractivity contribution is 5.75. The Morgan fingerprint density at radius 1 is 1.50 bits per heavy atom. The molecule has 0 spiro atoms. The maximum Gasteiger partial charge on any atom is 0.307 e. The van der Waals surface area contributed by atoms with E-state index in [0.29, 0.717) is 12.1 Å². The number of rotatable bonds is 3. The standard InChI is InChI=1S/C12H14FNO2/c1-14(2)11-4-3-7(5-10(11)13)8-6-9(8)12(15)16/h3-5,8-9H,6H2,1-2H3,(H,15,16). The van der Waals surface area contributed by atoms with E-state index in [-0.39, 0.29) is 17.7 Å². The van der Waals surface area contributed by atoms with Gasteiger partial charge in [0, 0.05) is 14.1 Å². The highest BCUT2D eigenvalue weighted by Gasteiger charge is 2.44. The van der Waals surface area contributed by atoms with Crippen LogP contribution < -0.4 is 4.90 Å². The SMILES string of the molecule is CN(C)c1ccc(C2CC2C(=O)O)cc1F. The van der Waals surface area contributed by atoms with E-state index >= 15 is 0 Å². The Bertz CT molecular complexity index is 431. The summed E-state index contributed by atoms with van der Waals surface area (Å²) in [5.74, 6) is -1.42. The molecular formula is C12H14FNO2. The Morgan fingerprint density at radius 2 is 2.19 bits per heavy atom. The van der Waals surface area contributed by atoms with E-state index in [1.165, 1.54) is 6.07 Å². The number of nitrogens with zero attached hydrogens (tertiary/aromatic N) is 1. The molecule has 2 unspecified atom stereocenters. The van der Waals surface area contributed by atoms with Crippen LogP contribution in [0.2, 0.25) is 0 Å². The van der Waals surface area contributed by atoms with Crippen molar-refractivity contribution in [3.8, 4) is 0 Å². The highest BCUT2D eigenvalue weighted by Crippen LogP contribution is 2.48. The molecule has 2 rings (SSSR count). The average Bonchev–Trinajstić information content (AvgIpc) is 2.96. The molecule has 16 heavy (non-hydrogen) atoms. The molecule has 0 heterocycles. The molecule has 3 nitrogen and oxygen atoms in total. The van der Waals surface area contributed by atoms with Crippen molar-refractivity contribution in [2.45, 2.75) is 12.3 Å². The van der Waals surface area contributed by atoms with Gasteiger partial charge in [0.25, 0.3) is 0 Å². The Hall–Kier alpha value is -1.58. The largest absolute Gasteiger partial charge is 0.481 e. The van der Waals surface area contributed by atoms with Crippen molar-refractivity contribution in [1.29, 1.82) is 0 Å². The molecule has 0 aromatic heterocycles. The zero-order valence-electron chi connectivity index (χ0n) is 9.27. The first-order valence-electron chi connectivity index (χ1n) is 5.20. The average molecular weight is 223 g/mol. The summed E-state index contributed by atoms with van der Waals surface area (Å²) in [5.41, 5.74) is 1.31. The van der Waals surface area contributed by atoms with Crippen LogP contribution in [0.4, 0.5) is 10.1 Å². The van der Waals surface area contributed by atoms with E-state index in [9.17, 15) is 9.18 Å². The van der Waals surface area contributed by atoms with E-state index in [1.807, 2.05) is 6.07 Å². The van der Waals surface area contributed by atoms with Crippen molar-refractivity contribution in [3.63, 3.8) is 0 Å². The molecule has 1 aliphatic rings. The van der Waals surface area contributed by atoms with E-state index in [2.05, 4.69) is 0 Å². The lowest BCUT2D eigenvalue weighted by molar-refractivity contribution is -0.138. The van der Waals surface area contributed by atoms with E-state index in [0.717, 1.165) is 5.56 Å². The third-order valence-electron chi connectivity index (χ3n) is 2.99. The van der Waals surface area contributed by atoms with Gasteiger partial charge in [-0.1, -0.05) is 6.07 Å². The van der Waals surface area contributed by atoms with E-state index in [4.69, 9.17) is 5.11 Å². The van der Waals surface area contributed by atoms with Crippen LogP contribution >= 0.6 is 0 Å². The van der Waals surface area contributed by atoms with E-state index < -0.39 is 5.97 Å². The smallest absolute Gasteiger partial charge is 0.307 e. The molecule has 2 atom stereocenters. The molecule has 0 amide bonds. The van der Waals surface area contributed by atoms with Gasteiger partial charge in [-0.25, -0.2) is 4.39 Å². The molecule has 1 aromatic carbocycles. The predicted molar refractivity (Wildman–Crippen MR) is 59.2 cm³/mol. The fraction of sp³-hybridized carbons (Fsp3) is 0.417. The van der Waals surface area contributed by atoms with Crippen LogP contribution in [0.15, 0.2) is 18.2 Å². The van der Waals surface area contributed by atoms with Gasteiger partial charge < -0.3 is 10.0 Å². The zero-order chi connectivity index (χ0) is 11.9. The van der Waals surface area contributed by atoms with Crippen molar-refractivity contribution in [2.75, 3.05) is 19.0 Å². The van der Waals surface area contributed by atoms with Crippen molar-refractivity contribution in [1.82, 2.24) is 0 Å². The maximum atomic E-state index is 13.6. The topological polar surface area (TPSA) is 40.5 Å². The van der Waals surface area contributed by atoms with Crippen LogP contribution in [-0.4, -0.2) is 25.2 Å². The summed E-state index contributed by atoms with van der Waals surface area (Å²) >= 11 is 0. The molecule has 1 aromatic rings. The quantitative estimate of drug-likeness (QED) is 0.852. The number of hydrogen-bond acceptors (Lipinski definition) is 2. The predicted octanol–water partition coefficient (Wildman–Crippen LogP) is 2.08. The highest BCUT2D eigenvalue weighted by atomic mass is 19.1. The number of anilines is 1. The molecule has 4 heteroatoms. The van der Waals surface area contributed by atoms with Crippen LogP contribution in [0.5, 0.6) is 0 Å². The lowest BCUT2D eigenvalue weighted by Gasteiger charge is -2.14. The van der Waals surface area contributed by atoms with Crippen molar-refractivity contribution >= 4 is 11.7 Å². The first kappa shape index (κ1) is 10.9. The minimum absolute atomic E-state index is 0.0109. The molecule has 1 saturated carbocycles. The first-order chi connectivity index (χ1) is 7.50.